The molecule has 0 unspecified atom stereocenters. The Morgan fingerprint density at radius 3 is 2.67 bits per heavy atom. The SMILES string of the molecule is O=C(CN1CCCC1)c1ccc2nc(Cc3ccccc3)[nH]c2c1. The van der Waals surface area contributed by atoms with Crippen molar-refractivity contribution in [1.82, 2.24) is 14.9 Å². The van der Waals surface area contributed by atoms with E-state index in [0.717, 1.165) is 41.9 Å². The molecule has 0 amide bonds. The van der Waals surface area contributed by atoms with E-state index in [9.17, 15) is 4.79 Å². The molecule has 24 heavy (non-hydrogen) atoms. The molecule has 2 aromatic carbocycles. The molecule has 1 N–H and O–H groups in total. The van der Waals surface area contributed by atoms with Crippen LogP contribution in [0.2, 0.25) is 0 Å². The van der Waals surface area contributed by atoms with E-state index in [1.54, 1.807) is 0 Å². The lowest BCUT2D eigenvalue weighted by molar-refractivity contribution is 0.0945. The molecule has 0 spiro atoms. The number of aromatic amines is 1. The summed E-state index contributed by atoms with van der Waals surface area (Å²) < 4.78 is 0. The molecule has 1 aliphatic rings. The first-order chi connectivity index (χ1) is 11.8. The fraction of sp³-hybridized carbons (Fsp3) is 0.300. The number of hydrogen-bond acceptors (Lipinski definition) is 3. The fourth-order valence-corrected chi connectivity index (χ4v) is 3.34. The highest BCUT2D eigenvalue weighted by atomic mass is 16.1. The minimum Gasteiger partial charge on any atom is -0.342 e. The maximum atomic E-state index is 12.5. The van der Waals surface area contributed by atoms with E-state index in [2.05, 4.69) is 27.0 Å². The number of rotatable bonds is 5. The molecule has 4 rings (SSSR count). The van der Waals surface area contributed by atoms with Crippen molar-refractivity contribution in [2.75, 3.05) is 19.6 Å². The number of ketones is 1. The standard InChI is InChI=1S/C20H21N3O/c24-19(14-23-10-4-5-11-23)16-8-9-17-18(13-16)22-20(21-17)12-15-6-2-1-3-7-15/h1-3,6-9,13H,4-5,10-12,14H2,(H,21,22). The zero-order chi connectivity index (χ0) is 16.4. The van der Waals surface area contributed by atoms with Gasteiger partial charge in [-0.1, -0.05) is 30.3 Å². The molecule has 1 saturated heterocycles. The van der Waals surface area contributed by atoms with Crippen LogP contribution in [-0.4, -0.2) is 40.3 Å². The van der Waals surface area contributed by atoms with E-state index in [1.807, 2.05) is 36.4 Å². The number of likely N-dealkylation sites (tertiary alicyclic amines) is 1. The molecular weight excluding hydrogens is 298 g/mol. The Morgan fingerprint density at radius 1 is 1.08 bits per heavy atom. The van der Waals surface area contributed by atoms with E-state index in [4.69, 9.17) is 0 Å². The van der Waals surface area contributed by atoms with E-state index >= 15 is 0 Å². The quantitative estimate of drug-likeness (QED) is 0.733. The van der Waals surface area contributed by atoms with Gasteiger partial charge in [0.25, 0.3) is 0 Å². The lowest BCUT2D eigenvalue weighted by Crippen LogP contribution is -2.26. The highest BCUT2D eigenvalue weighted by Crippen LogP contribution is 2.17. The summed E-state index contributed by atoms with van der Waals surface area (Å²) in [4.78, 5) is 22.7. The van der Waals surface area contributed by atoms with Gasteiger partial charge in [-0.15, -0.1) is 0 Å². The molecule has 0 bridgehead atoms. The minimum atomic E-state index is 0.193. The zero-order valence-corrected chi connectivity index (χ0v) is 13.7. The van der Waals surface area contributed by atoms with Gasteiger partial charge < -0.3 is 4.98 Å². The number of nitrogens with one attached hydrogen (secondary N) is 1. The first-order valence-corrected chi connectivity index (χ1v) is 8.56. The van der Waals surface area contributed by atoms with Crippen LogP contribution in [0.25, 0.3) is 11.0 Å². The summed E-state index contributed by atoms with van der Waals surface area (Å²) >= 11 is 0. The molecule has 4 nitrogen and oxygen atoms in total. The van der Waals surface area contributed by atoms with Gasteiger partial charge in [0.05, 0.1) is 17.6 Å². The topological polar surface area (TPSA) is 49.0 Å². The van der Waals surface area contributed by atoms with Gasteiger partial charge in [-0.25, -0.2) is 4.98 Å². The highest BCUT2D eigenvalue weighted by Gasteiger charge is 2.17. The van der Waals surface area contributed by atoms with Crippen LogP contribution in [0.15, 0.2) is 48.5 Å². The lowest BCUT2D eigenvalue weighted by atomic mass is 10.1. The maximum Gasteiger partial charge on any atom is 0.176 e. The molecule has 0 atom stereocenters. The molecule has 3 aromatic rings. The third kappa shape index (κ3) is 3.24. The molecule has 0 saturated carbocycles. The van der Waals surface area contributed by atoms with Crippen LogP contribution in [0.3, 0.4) is 0 Å². The van der Waals surface area contributed by atoms with E-state index in [0.29, 0.717) is 6.54 Å². The summed E-state index contributed by atoms with van der Waals surface area (Å²) in [5, 5.41) is 0. The fourth-order valence-electron chi connectivity index (χ4n) is 3.34. The minimum absolute atomic E-state index is 0.193. The van der Waals surface area contributed by atoms with Crippen molar-refractivity contribution < 1.29 is 4.79 Å². The summed E-state index contributed by atoms with van der Waals surface area (Å²) in [7, 11) is 0. The van der Waals surface area contributed by atoms with Crippen molar-refractivity contribution in [3.8, 4) is 0 Å². The highest BCUT2D eigenvalue weighted by molar-refractivity contribution is 6.00. The Morgan fingerprint density at radius 2 is 1.88 bits per heavy atom. The summed E-state index contributed by atoms with van der Waals surface area (Å²) in [5.41, 5.74) is 3.85. The van der Waals surface area contributed by atoms with Crippen molar-refractivity contribution >= 4 is 16.8 Å². The zero-order valence-electron chi connectivity index (χ0n) is 13.7. The smallest absolute Gasteiger partial charge is 0.176 e. The number of Topliss-reactive ketones (excluding diaryl/α,β-unsaturated/α-hetero) is 1. The average molecular weight is 319 g/mol. The van der Waals surface area contributed by atoms with Gasteiger partial charge in [0.15, 0.2) is 5.78 Å². The number of aromatic nitrogens is 2. The van der Waals surface area contributed by atoms with Gasteiger partial charge in [0, 0.05) is 12.0 Å². The number of imidazole rings is 1. The van der Waals surface area contributed by atoms with Crippen LogP contribution < -0.4 is 0 Å². The van der Waals surface area contributed by atoms with E-state index in [1.165, 1.54) is 18.4 Å². The monoisotopic (exact) mass is 319 g/mol. The van der Waals surface area contributed by atoms with Crippen molar-refractivity contribution in [3.63, 3.8) is 0 Å². The van der Waals surface area contributed by atoms with Crippen molar-refractivity contribution in [2.24, 2.45) is 0 Å². The third-order valence-electron chi connectivity index (χ3n) is 4.63. The largest absolute Gasteiger partial charge is 0.342 e. The Labute approximate surface area is 141 Å². The molecule has 2 heterocycles. The Bertz CT molecular complexity index is 848. The first kappa shape index (κ1) is 15.1. The molecule has 1 aromatic heterocycles. The average Bonchev–Trinajstić information content (AvgIpc) is 3.24. The molecule has 1 aliphatic heterocycles. The van der Waals surface area contributed by atoms with Crippen molar-refractivity contribution in [3.05, 3.63) is 65.5 Å². The summed E-state index contributed by atoms with van der Waals surface area (Å²) in [6, 6.07) is 16.1. The molecule has 4 heteroatoms. The Balaban J connectivity index is 1.53. The predicted molar refractivity (Wildman–Crippen MR) is 95.3 cm³/mol. The van der Waals surface area contributed by atoms with Gasteiger partial charge in [-0.3, -0.25) is 9.69 Å². The van der Waals surface area contributed by atoms with E-state index in [-0.39, 0.29) is 5.78 Å². The van der Waals surface area contributed by atoms with Gasteiger partial charge in [0.2, 0.25) is 0 Å². The number of nitrogens with zero attached hydrogens (tertiary/aromatic N) is 2. The second kappa shape index (κ2) is 6.57. The normalized spacial score (nSPS) is 15.2. The van der Waals surface area contributed by atoms with Gasteiger partial charge in [0.1, 0.15) is 5.82 Å². The maximum absolute atomic E-state index is 12.5. The van der Waals surface area contributed by atoms with Gasteiger partial charge in [-0.05, 0) is 49.7 Å². The summed E-state index contributed by atoms with van der Waals surface area (Å²) in [5.74, 6) is 1.12. The van der Waals surface area contributed by atoms with Crippen LogP contribution in [0.1, 0.15) is 34.6 Å². The van der Waals surface area contributed by atoms with E-state index < -0.39 is 0 Å². The molecule has 0 aliphatic carbocycles. The van der Waals surface area contributed by atoms with Crippen LogP contribution in [0.5, 0.6) is 0 Å². The van der Waals surface area contributed by atoms with Crippen molar-refractivity contribution in [1.29, 1.82) is 0 Å². The van der Waals surface area contributed by atoms with Gasteiger partial charge in [-0.2, -0.15) is 0 Å². The van der Waals surface area contributed by atoms with Gasteiger partial charge >= 0.3 is 0 Å². The Kier molecular flexibility index (Phi) is 4.13. The number of carbonyl (C=O) groups excluding carboxylic acids is 1. The Hall–Kier alpha value is -2.46. The second-order valence-corrected chi connectivity index (χ2v) is 6.48. The molecule has 1 fully saturated rings. The second-order valence-electron chi connectivity index (χ2n) is 6.48. The molecular formula is C20H21N3O. The number of benzene rings is 2. The number of carbonyl (C=O) groups is 1. The summed E-state index contributed by atoms with van der Waals surface area (Å²) in [6.45, 7) is 2.61. The number of hydrogen-bond donors (Lipinski definition) is 1. The first-order valence-electron chi connectivity index (χ1n) is 8.56. The van der Waals surface area contributed by atoms with Crippen molar-refractivity contribution in [2.45, 2.75) is 19.3 Å². The van der Waals surface area contributed by atoms with Crippen LogP contribution in [0.4, 0.5) is 0 Å². The number of H-pyrrole nitrogens is 1. The van der Waals surface area contributed by atoms with Crippen LogP contribution in [0, 0.1) is 0 Å². The lowest BCUT2D eigenvalue weighted by Gasteiger charge is -2.13. The molecule has 122 valence electrons. The van der Waals surface area contributed by atoms with Crippen LogP contribution in [-0.2, 0) is 6.42 Å². The summed E-state index contributed by atoms with van der Waals surface area (Å²) in [6.07, 6.45) is 3.18. The molecule has 0 radical (unpaired) electrons. The number of fused-ring (bicyclic) bond motifs is 1. The van der Waals surface area contributed by atoms with Crippen LogP contribution >= 0.6 is 0 Å². The third-order valence-corrected chi connectivity index (χ3v) is 4.63. The predicted octanol–water partition coefficient (Wildman–Crippen LogP) is 3.43.